The van der Waals surface area contributed by atoms with Crippen molar-refractivity contribution in [2.75, 3.05) is 126 Å². The smallest absolute Gasteiger partial charge is 0.418 e. The van der Waals surface area contributed by atoms with Gasteiger partial charge in [-0.25, -0.2) is 45.2 Å². The molecule has 15 rings (SSSR count). The van der Waals surface area contributed by atoms with Crippen LogP contribution in [0.4, 0.5) is 52.0 Å². The summed E-state index contributed by atoms with van der Waals surface area (Å²) in [4.78, 5) is 85.2. The van der Waals surface area contributed by atoms with Gasteiger partial charge in [-0.15, -0.1) is 11.3 Å². The van der Waals surface area contributed by atoms with Gasteiger partial charge in [0.05, 0.1) is 38.1 Å². The van der Waals surface area contributed by atoms with Crippen molar-refractivity contribution in [1.29, 1.82) is 0 Å². The molecule has 0 aliphatic carbocycles. The average Bonchev–Trinajstić information content (AvgIpc) is 1.06. The lowest BCUT2D eigenvalue weighted by atomic mass is 9.99. The number of sulfonamides is 3. The fourth-order valence-corrected chi connectivity index (χ4v) is 18.3. The topological polar surface area (TPSA) is 330 Å². The first kappa shape index (κ1) is 80.8. The number of carbonyl (C=O) groups is 4. The Balaban J connectivity index is 0.000000199. The van der Waals surface area contributed by atoms with Crippen molar-refractivity contribution in [2.24, 2.45) is 0 Å². The third-order valence-electron chi connectivity index (χ3n) is 19.5. The van der Waals surface area contributed by atoms with E-state index in [1.165, 1.54) is 96.7 Å². The van der Waals surface area contributed by atoms with E-state index >= 15 is 0 Å². The molecule has 3 saturated heterocycles. The second kappa shape index (κ2) is 35.0. The number of alkyl halides is 3. The van der Waals surface area contributed by atoms with Gasteiger partial charge in [-0.1, -0.05) is 29.8 Å². The maximum Gasteiger partial charge on any atom is 0.418 e. The molecule has 3 fully saturated rings. The normalized spacial score (nSPS) is 15.4. The number of hydrogen-bond acceptors (Lipinski definition) is 23. The van der Waals surface area contributed by atoms with Gasteiger partial charge in [-0.05, 0) is 167 Å². The molecule has 0 bridgehead atoms. The Kier molecular flexibility index (Phi) is 24.8. The van der Waals surface area contributed by atoms with Crippen molar-refractivity contribution >= 4 is 149 Å². The summed E-state index contributed by atoms with van der Waals surface area (Å²) in [5, 5.41) is 3.99. The number of nitrogens with zero attached hydrogens (tertiary/aromatic N) is 14. The monoisotopic (exact) mass is 1680 g/mol. The van der Waals surface area contributed by atoms with E-state index in [0.717, 1.165) is 70.7 Å². The van der Waals surface area contributed by atoms with Gasteiger partial charge in [0.15, 0.2) is 11.7 Å². The van der Waals surface area contributed by atoms with Crippen LogP contribution in [0.2, 0.25) is 5.02 Å². The lowest BCUT2D eigenvalue weighted by molar-refractivity contribution is -0.137. The Bertz CT molecular complexity index is 5630. The van der Waals surface area contributed by atoms with Gasteiger partial charge < -0.3 is 48.3 Å². The number of thiazole rings is 1. The molecular weight excluding hydrogens is 1600 g/mol. The lowest BCUT2D eigenvalue weighted by Crippen LogP contribution is -2.57. The van der Waals surface area contributed by atoms with Crippen LogP contribution in [0.25, 0.3) is 21.8 Å². The molecule has 3 N–H and O–H groups in total. The van der Waals surface area contributed by atoms with E-state index in [0.29, 0.717) is 82.8 Å². The van der Waals surface area contributed by atoms with Crippen LogP contribution in [0.1, 0.15) is 50.1 Å². The summed E-state index contributed by atoms with van der Waals surface area (Å²) in [5.41, 5.74) is 4.30. The number of hydrogen-bond donors (Lipinski definition) is 3. The number of para-hydroxylation sites is 2. The summed E-state index contributed by atoms with van der Waals surface area (Å²) in [6, 6.07) is 38.7. The maximum absolute atomic E-state index is 13.5. The van der Waals surface area contributed by atoms with E-state index in [4.69, 9.17) is 21.1 Å². The average molecular weight is 1680 g/mol. The molecule has 0 radical (unpaired) electrons. The number of aryl methyl sites for hydroxylation is 1. The van der Waals surface area contributed by atoms with Crippen LogP contribution in [-0.4, -0.2) is 195 Å². The maximum atomic E-state index is 13.5. The fourth-order valence-electron chi connectivity index (χ4n) is 13.7. The van der Waals surface area contributed by atoms with Crippen LogP contribution in [0.5, 0.6) is 11.5 Å². The summed E-state index contributed by atoms with van der Waals surface area (Å²) in [5.74, 6) is 0.594. The zero-order valence-corrected chi connectivity index (χ0v) is 66.4. The molecule has 4 amide bonds. The Labute approximate surface area is 674 Å². The molecule has 2 atom stereocenters. The minimum Gasteiger partial charge on any atom is -0.492 e. The molecule has 1 unspecified atom stereocenters. The Hall–Kier alpha value is -11.3. The van der Waals surface area contributed by atoms with Gasteiger partial charge in [-0.2, -0.15) is 17.5 Å². The third-order valence-corrected chi connectivity index (χ3v) is 25.3. The highest BCUT2D eigenvalue weighted by molar-refractivity contribution is 7.93. The van der Waals surface area contributed by atoms with E-state index in [-0.39, 0.29) is 95.9 Å². The molecule has 11 aromatic rings. The fraction of sp³-hybridized carbons (Fsp3) is 0.289. The van der Waals surface area contributed by atoms with Crippen molar-refractivity contribution in [3.05, 3.63) is 205 Å². The predicted molar refractivity (Wildman–Crippen MR) is 437 cm³/mol. The van der Waals surface area contributed by atoms with E-state index in [9.17, 15) is 57.6 Å². The van der Waals surface area contributed by atoms with Gasteiger partial charge in [0.2, 0.25) is 22.9 Å². The largest absolute Gasteiger partial charge is 0.492 e. The number of nitrogens with one attached hydrogen (secondary N) is 3. The minimum absolute atomic E-state index is 0. The van der Waals surface area contributed by atoms with E-state index in [1.807, 2.05) is 77.7 Å². The number of piperazine rings is 3. The first-order valence-corrected chi connectivity index (χ1v) is 42.5. The van der Waals surface area contributed by atoms with E-state index in [1.54, 1.807) is 68.6 Å². The zero-order chi connectivity index (χ0) is 80.5. The molecule has 114 heavy (non-hydrogen) atoms. The number of rotatable bonds is 21. The molecule has 38 heteroatoms. The van der Waals surface area contributed by atoms with Gasteiger partial charge in [-0.3, -0.25) is 38.3 Å². The van der Waals surface area contributed by atoms with Crippen molar-refractivity contribution in [3.8, 4) is 11.5 Å². The van der Waals surface area contributed by atoms with Gasteiger partial charge >= 0.3 is 6.18 Å². The van der Waals surface area contributed by atoms with Gasteiger partial charge in [0.1, 0.15) is 48.6 Å². The molecule has 0 saturated carbocycles. The van der Waals surface area contributed by atoms with E-state index < -0.39 is 47.9 Å². The lowest BCUT2D eigenvalue weighted by Gasteiger charge is -2.40. The second-order valence-corrected chi connectivity index (χ2v) is 33.7. The standard InChI is InChI=1S/C27H31N5O5S2.C25H25ClN6O3S.C24H21F3N6O4S2.4H2/c1-3-37-23-8-4-6-20-7-5-14-31(25(20)23)19(2)26(34)30-15-16-32(24(33)18-30)21-9-11-22(12-10-21)39(35,36)29-27-28-13-17-38-27;1-18(32-11-9-19-16-20(26)2-7-23(19)32)25(33)31-14-12-30(13-15-31)21-3-5-22(6-4-21)36(34,35)29-24-8-10-27-17-28-24;25-24(26,27)19-3-1-2-18-20(8-9-28-22(18)19)37-14-21(34)33-12-10-32(11-13-33)16-4-6-17(7-5-16)39(35,36)31-23-29-15-30-38-23;;;;/h4,6,8-13,17,19H,3,5,7,14-16,18H2,1-2H3,(H,28,29);2-11,16-18H,12-15H2,1H3,(H,27,28,29);1-9,15H,10-14H2,(H,29,30,31);4*1H/t19-;;;;;;/m1....../s1. The molecule has 5 aromatic heterocycles. The van der Waals surface area contributed by atoms with Crippen LogP contribution in [0, 0.1) is 0 Å². The summed E-state index contributed by atoms with van der Waals surface area (Å²) in [6.07, 6.45) is 5.99. The molecule has 604 valence electrons. The number of anilines is 7. The molecule has 4 aliphatic rings. The third kappa shape index (κ3) is 18.8. The number of amides is 4. The number of pyridine rings is 1. The first-order chi connectivity index (χ1) is 54.7. The quantitative estimate of drug-likeness (QED) is 0.0601. The Morgan fingerprint density at radius 2 is 1.23 bits per heavy atom. The Morgan fingerprint density at radius 1 is 0.605 bits per heavy atom. The van der Waals surface area contributed by atoms with Crippen LogP contribution < -0.4 is 43.2 Å². The predicted octanol–water partition coefficient (Wildman–Crippen LogP) is 11.8. The summed E-state index contributed by atoms with van der Waals surface area (Å²) in [7, 11) is -11.3. The number of halogens is 4. The molecule has 4 aliphatic heterocycles. The highest BCUT2D eigenvalue weighted by Crippen LogP contribution is 2.40. The number of benzene rings is 6. The highest BCUT2D eigenvalue weighted by atomic mass is 35.5. The Morgan fingerprint density at radius 3 is 1.83 bits per heavy atom. The van der Waals surface area contributed by atoms with Crippen LogP contribution in [0.15, 0.2) is 203 Å². The van der Waals surface area contributed by atoms with Gasteiger partial charge in [0, 0.05) is 158 Å². The second-order valence-electron chi connectivity index (χ2n) is 26.5. The summed E-state index contributed by atoms with van der Waals surface area (Å²) >= 11 is 8.21. The number of carbonyl (C=O) groups excluding carboxylic acids is 4. The number of fused-ring (bicyclic) bond motifs is 3. The van der Waals surface area contributed by atoms with Crippen LogP contribution in [-0.2, 0) is 61.8 Å². The number of ether oxygens (including phenoxy) is 2. The first-order valence-electron chi connectivity index (χ1n) is 36.0. The summed E-state index contributed by atoms with van der Waals surface area (Å²) in [6.45, 7) is 11.7. The SMILES string of the molecule is CC(C(=O)N1CCN(c2ccc(S(=O)(=O)Nc3ccncn3)cc2)CC1)n1ccc2cc(Cl)ccc21.CCOc1cccc2c1N([C@H](C)C(=O)N1CCN(c3ccc(S(=O)(=O)Nc4nccs4)cc3)C(=O)C1)CCC2.O=C(COc1ccnc2c(C(F)(F)F)cccc12)N1CCN(c2ccc(S(=O)(=O)Nc3ncns3)cc2)CC1.[HH].[HH].[HH].[HH]. The molecule has 6 aromatic carbocycles. The van der Waals surface area contributed by atoms with E-state index in [2.05, 4.69) is 59.3 Å². The zero-order valence-electron chi connectivity index (χ0n) is 61.6. The van der Waals surface area contributed by atoms with Crippen molar-refractivity contribution in [1.82, 2.24) is 48.6 Å². The number of aromatic nitrogens is 7. The van der Waals surface area contributed by atoms with Crippen LogP contribution >= 0.6 is 34.5 Å². The van der Waals surface area contributed by atoms with Crippen LogP contribution in [0.3, 0.4) is 0 Å². The van der Waals surface area contributed by atoms with Crippen molar-refractivity contribution in [3.63, 3.8) is 0 Å². The highest BCUT2D eigenvalue weighted by Gasteiger charge is 2.37. The molecule has 0 spiro atoms. The molecular formula is C76H85ClF3N17O12S5. The molecule has 29 nitrogen and oxygen atoms in total. The molecule has 9 heterocycles. The van der Waals surface area contributed by atoms with Crippen molar-refractivity contribution in [2.45, 2.75) is 66.6 Å². The summed E-state index contributed by atoms with van der Waals surface area (Å²) < 4.78 is 140. The van der Waals surface area contributed by atoms with Crippen molar-refractivity contribution < 1.29 is 72.8 Å². The minimum atomic E-state index is -4.56. The van der Waals surface area contributed by atoms with Gasteiger partial charge in [0.25, 0.3) is 36.0 Å².